The number of carbonyl (C=O) groups is 2. The Morgan fingerprint density at radius 1 is 1.17 bits per heavy atom. The normalized spacial score (nSPS) is 18.5. The van der Waals surface area contributed by atoms with E-state index in [1.807, 2.05) is 47.3 Å². The Hall–Kier alpha value is -3.19. The van der Waals surface area contributed by atoms with Gasteiger partial charge in [-0.15, -0.1) is 11.3 Å². The third-order valence-corrected chi connectivity index (χ3v) is 5.98. The van der Waals surface area contributed by atoms with Gasteiger partial charge in [-0.3, -0.25) is 9.59 Å². The van der Waals surface area contributed by atoms with Crippen LogP contribution in [0.4, 0.5) is 0 Å². The van der Waals surface area contributed by atoms with Gasteiger partial charge in [0, 0.05) is 35.9 Å². The van der Waals surface area contributed by atoms with Crippen LogP contribution in [0, 0.1) is 6.92 Å². The van der Waals surface area contributed by atoms with Crippen LogP contribution in [0.1, 0.15) is 28.5 Å². The highest BCUT2D eigenvalue weighted by molar-refractivity contribution is 7.10. The number of hydrogen-bond donors (Lipinski definition) is 1. The summed E-state index contributed by atoms with van der Waals surface area (Å²) in [4.78, 5) is 32.2. The molecule has 3 aromatic rings. The summed E-state index contributed by atoms with van der Waals surface area (Å²) < 4.78 is 1.93. The van der Waals surface area contributed by atoms with Gasteiger partial charge in [0.15, 0.2) is 0 Å². The van der Waals surface area contributed by atoms with Gasteiger partial charge in [0.1, 0.15) is 5.76 Å². The number of carbonyl (C=O) groups excluding carboxylic acids is 2. The molecule has 0 saturated carbocycles. The lowest BCUT2D eigenvalue weighted by Crippen LogP contribution is -2.31. The maximum Gasteiger partial charge on any atom is 0.295 e. The van der Waals surface area contributed by atoms with Crippen LogP contribution >= 0.6 is 11.3 Å². The molecule has 7 heteroatoms. The predicted molar refractivity (Wildman–Crippen MR) is 111 cm³/mol. The fraction of sp³-hybridized carbons (Fsp3) is 0.227. The molecular formula is C22H21N3O3S. The fourth-order valence-electron chi connectivity index (χ4n) is 3.56. The first-order valence-corrected chi connectivity index (χ1v) is 10.3. The Labute approximate surface area is 172 Å². The van der Waals surface area contributed by atoms with E-state index in [-0.39, 0.29) is 11.3 Å². The van der Waals surface area contributed by atoms with E-state index in [0.29, 0.717) is 25.1 Å². The first-order chi connectivity index (χ1) is 14.1. The van der Waals surface area contributed by atoms with E-state index >= 15 is 0 Å². The Kier molecular flexibility index (Phi) is 5.31. The Bertz CT molecular complexity index is 1040. The predicted octanol–water partition coefficient (Wildman–Crippen LogP) is 3.77. The zero-order valence-corrected chi connectivity index (χ0v) is 16.8. The molecule has 29 heavy (non-hydrogen) atoms. The molecule has 1 fully saturated rings. The molecular weight excluding hydrogens is 386 g/mol. The molecule has 4 rings (SSSR count). The lowest BCUT2D eigenvalue weighted by molar-refractivity contribution is -0.139. The standard InChI is InChI=1S/C22H21N3O3S/c1-15-5-7-16(8-6-15)20(26)18-19(17-4-2-13-29-17)25(22(28)21(18)27)11-3-10-24-12-9-23-14-24/h2,4-9,12-14,19,26H,3,10-11H2,1H3/b20-18+. The highest BCUT2D eigenvalue weighted by atomic mass is 32.1. The molecule has 2 aromatic heterocycles. The summed E-state index contributed by atoms with van der Waals surface area (Å²) in [5, 5.41) is 12.8. The zero-order chi connectivity index (χ0) is 20.4. The number of Topliss-reactive ketones (excluding diaryl/α,β-unsaturated/α-hetero) is 1. The smallest absolute Gasteiger partial charge is 0.295 e. The van der Waals surface area contributed by atoms with E-state index in [1.165, 1.54) is 11.3 Å². The van der Waals surface area contributed by atoms with Gasteiger partial charge in [0.05, 0.1) is 17.9 Å². The first kappa shape index (κ1) is 19.1. The van der Waals surface area contributed by atoms with Crippen molar-refractivity contribution in [2.45, 2.75) is 25.9 Å². The average Bonchev–Trinajstić information content (AvgIpc) is 3.46. The van der Waals surface area contributed by atoms with E-state index < -0.39 is 17.7 Å². The molecule has 1 unspecified atom stereocenters. The number of rotatable bonds is 6. The van der Waals surface area contributed by atoms with Gasteiger partial charge in [-0.25, -0.2) is 4.98 Å². The number of likely N-dealkylation sites (tertiary alicyclic amines) is 1. The van der Waals surface area contributed by atoms with Crippen LogP contribution in [0.3, 0.4) is 0 Å². The van der Waals surface area contributed by atoms with Gasteiger partial charge in [0.25, 0.3) is 11.7 Å². The van der Waals surface area contributed by atoms with Crippen LogP contribution in [0.5, 0.6) is 0 Å². The monoisotopic (exact) mass is 407 g/mol. The van der Waals surface area contributed by atoms with Gasteiger partial charge in [-0.05, 0) is 24.8 Å². The van der Waals surface area contributed by atoms with E-state index in [0.717, 1.165) is 10.4 Å². The number of amides is 1. The number of ketones is 1. The van der Waals surface area contributed by atoms with Crippen LogP contribution in [0.2, 0.25) is 0 Å². The number of aliphatic hydroxyl groups excluding tert-OH is 1. The van der Waals surface area contributed by atoms with Crippen molar-refractivity contribution >= 4 is 28.8 Å². The van der Waals surface area contributed by atoms with Gasteiger partial charge in [0.2, 0.25) is 0 Å². The van der Waals surface area contributed by atoms with Crippen LogP contribution in [0.15, 0.2) is 66.1 Å². The molecule has 0 bridgehead atoms. The minimum atomic E-state index is -0.635. The summed E-state index contributed by atoms with van der Waals surface area (Å²) in [5.74, 6) is -1.33. The van der Waals surface area contributed by atoms with Gasteiger partial charge >= 0.3 is 0 Å². The molecule has 1 aliphatic heterocycles. The van der Waals surface area contributed by atoms with E-state index in [4.69, 9.17) is 0 Å². The number of thiophene rings is 1. The van der Waals surface area contributed by atoms with Crippen molar-refractivity contribution in [3.8, 4) is 0 Å². The fourth-order valence-corrected chi connectivity index (χ4v) is 4.41. The number of nitrogens with zero attached hydrogens (tertiary/aromatic N) is 3. The highest BCUT2D eigenvalue weighted by Gasteiger charge is 2.46. The van der Waals surface area contributed by atoms with Crippen molar-refractivity contribution in [2.24, 2.45) is 0 Å². The number of aryl methyl sites for hydroxylation is 2. The van der Waals surface area contributed by atoms with Crippen molar-refractivity contribution < 1.29 is 14.7 Å². The Balaban J connectivity index is 1.68. The van der Waals surface area contributed by atoms with Gasteiger partial charge in [-0.2, -0.15) is 0 Å². The van der Waals surface area contributed by atoms with Gasteiger partial charge < -0.3 is 14.6 Å². The number of aliphatic hydroxyl groups is 1. The topological polar surface area (TPSA) is 75.4 Å². The lowest BCUT2D eigenvalue weighted by atomic mass is 9.99. The summed E-state index contributed by atoms with van der Waals surface area (Å²) in [6.45, 7) is 3.06. The summed E-state index contributed by atoms with van der Waals surface area (Å²) >= 11 is 1.47. The highest BCUT2D eigenvalue weighted by Crippen LogP contribution is 2.41. The molecule has 1 saturated heterocycles. The second-order valence-corrected chi connectivity index (χ2v) is 8.01. The lowest BCUT2D eigenvalue weighted by Gasteiger charge is -2.24. The van der Waals surface area contributed by atoms with Gasteiger partial charge in [-0.1, -0.05) is 35.9 Å². The van der Waals surface area contributed by atoms with Crippen molar-refractivity contribution in [3.05, 3.63) is 82.1 Å². The third-order valence-electron chi connectivity index (χ3n) is 5.05. The molecule has 3 heterocycles. The molecule has 1 aromatic carbocycles. The molecule has 1 aliphatic rings. The Morgan fingerprint density at radius 3 is 2.62 bits per heavy atom. The molecule has 1 N–H and O–H groups in total. The van der Waals surface area contributed by atoms with Crippen molar-refractivity contribution in [1.82, 2.24) is 14.5 Å². The molecule has 1 amide bonds. The SMILES string of the molecule is Cc1ccc(/C(O)=C2\C(=O)C(=O)N(CCCn3ccnc3)C2c2cccs2)cc1. The summed E-state index contributed by atoms with van der Waals surface area (Å²) in [6.07, 6.45) is 5.97. The van der Waals surface area contributed by atoms with Crippen molar-refractivity contribution in [1.29, 1.82) is 0 Å². The number of aromatic nitrogens is 2. The second kappa shape index (κ2) is 8.05. The minimum absolute atomic E-state index is 0.126. The summed E-state index contributed by atoms with van der Waals surface area (Å²) in [5.41, 5.74) is 1.74. The minimum Gasteiger partial charge on any atom is -0.507 e. The summed E-state index contributed by atoms with van der Waals surface area (Å²) in [7, 11) is 0. The Morgan fingerprint density at radius 2 is 1.97 bits per heavy atom. The maximum absolute atomic E-state index is 12.9. The quantitative estimate of drug-likeness (QED) is 0.383. The van der Waals surface area contributed by atoms with Crippen molar-refractivity contribution in [3.63, 3.8) is 0 Å². The second-order valence-electron chi connectivity index (χ2n) is 7.03. The molecule has 0 spiro atoms. The third kappa shape index (κ3) is 3.73. The number of imidazole rings is 1. The van der Waals surface area contributed by atoms with E-state index in [9.17, 15) is 14.7 Å². The van der Waals surface area contributed by atoms with E-state index in [2.05, 4.69) is 4.98 Å². The van der Waals surface area contributed by atoms with Crippen LogP contribution < -0.4 is 0 Å². The molecule has 6 nitrogen and oxygen atoms in total. The van der Waals surface area contributed by atoms with Crippen LogP contribution in [-0.2, 0) is 16.1 Å². The van der Waals surface area contributed by atoms with Crippen LogP contribution in [-0.4, -0.2) is 37.8 Å². The number of benzene rings is 1. The van der Waals surface area contributed by atoms with E-state index in [1.54, 1.807) is 29.6 Å². The largest absolute Gasteiger partial charge is 0.507 e. The average molecular weight is 407 g/mol. The number of hydrogen-bond acceptors (Lipinski definition) is 5. The van der Waals surface area contributed by atoms with Crippen LogP contribution in [0.25, 0.3) is 5.76 Å². The maximum atomic E-state index is 12.9. The van der Waals surface area contributed by atoms with Crippen molar-refractivity contribution in [2.75, 3.05) is 6.54 Å². The molecule has 148 valence electrons. The molecule has 0 aliphatic carbocycles. The molecule has 1 atom stereocenters. The zero-order valence-electron chi connectivity index (χ0n) is 16.0. The molecule has 0 radical (unpaired) electrons. The summed E-state index contributed by atoms with van der Waals surface area (Å²) in [6, 6.07) is 10.5. The first-order valence-electron chi connectivity index (χ1n) is 9.41.